The molecule has 0 bridgehead atoms. The quantitative estimate of drug-likeness (QED) is 0.568. The van der Waals surface area contributed by atoms with E-state index in [1.807, 2.05) is 31.2 Å². The molecule has 0 aliphatic heterocycles. The number of rotatable bonds is 5. The number of aryl methyl sites for hydroxylation is 1. The summed E-state index contributed by atoms with van der Waals surface area (Å²) in [5.41, 5.74) is 3.40. The second kappa shape index (κ2) is 9.39. The maximum absolute atomic E-state index is 5.61. The van der Waals surface area contributed by atoms with Gasteiger partial charge in [-0.1, -0.05) is 37.3 Å². The first-order chi connectivity index (χ1) is 11.3. The number of hydrogen-bond acceptors (Lipinski definition) is 1. The summed E-state index contributed by atoms with van der Waals surface area (Å²) in [5, 5.41) is 0. The van der Waals surface area contributed by atoms with Crippen molar-refractivity contribution >= 4 is 0 Å². The van der Waals surface area contributed by atoms with E-state index in [9.17, 15) is 0 Å². The Morgan fingerprint density at radius 3 is 2.04 bits per heavy atom. The molecule has 0 amide bonds. The highest BCUT2D eigenvalue weighted by Gasteiger charge is 1.94. The normalized spacial score (nSPS) is 9.30. The van der Waals surface area contributed by atoms with Crippen molar-refractivity contribution in [1.29, 1.82) is 0 Å². The van der Waals surface area contributed by atoms with Gasteiger partial charge in [0.15, 0.2) is 0 Å². The molecular formula is C22H22O. The third-order valence-corrected chi connectivity index (χ3v) is 3.37. The van der Waals surface area contributed by atoms with Crippen molar-refractivity contribution in [2.24, 2.45) is 0 Å². The lowest BCUT2D eigenvalue weighted by atomic mass is 10.1. The largest absolute Gasteiger partial charge is 0.493 e. The lowest BCUT2D eigenvalue weighted by Crippen LogP contribution is -1.95. The van der Waals surface area contributed by atoms with Gasteiger partial charge < -0.3 is 4.74 Å². The van der Waals surface area contributed by atoms with Crippen molar-refractivity contribution in [2.45, 2.75) is 33.1 Å². The lowest BCUT2D eigenvalue weighted by Gasteiger charge is -2.03. The summed E-state index contributed by atoms with van der Waals surface area (Å²) in [7, 11) is 0. The van der Waals surface area contributed by atoms with Crippen LogP contribution >= 0.6 is 0 Å². The zero-order chi connectivity index (χ0) is 16.3. The highest BCUT2D eigenvalue weighted by molar-refractivity contribution is 5.44. The highest BCUT2D eigenvalue weighted by atomic mass is 16.5. The van der Waals surface area contributed by atoms with E-state index in [1.54, 1.807) is 0 Å². The Labute approximate surface area is 139 Å². The van der Waals surface area contributed by atoms with Crippen molar-refractivity contribution in [1.82, 2.24) is 0 Å². The molecule has 1 nitrogen and oxygen atoms in total. The molecule has 116 valence electrons. The predicted molar refractivity (Wildman–Crippen MR) is 96.4 cm³/mol. The van der Waals surface area contributed by atoms with Crippen LogP contribution in [0.3, 0.4) is 0 Å². The van der Waals surface area contributed by atoms with Gasteiger partial charge in [0.1, 0.15) is 5.75 Å². The van der Waals surface area contributed by atoms with E-state index in [2.05, 4.69) is 54.9 Å². The van der Waals surface area contributed by atoms with Crippen LogP contribution in [-0.4, -0.2) is 6.61 Å². The second-order valence-electron chi connectivity index (χ2n) is 5.25. The van der Waals surface area contributed by atoms with Crippen LogP contribution in [0, 0.1) is 23.7 Å². The SMILES string of the molecule is CC#CCCOc1ccc(C#Cc2ccc(CCC)cc2)cc1. The molecule has 0 unspecified atom stereocenters. The molecule has 0 aliphatic rings. The highest BCUT2D eigenvalue weighted by Crippen LogP contribution is 2.12. The van der Waals surface area contributed by atoms with Gasteiger partial charge in [-0.3, -0.25) is 0 Å². The zero-order valence-corrected chi connectivity index (χ0v) is 13.9. The van der Waals surface area contributed by atoms with Crippen molar-refractivity contribution in [3.05, 3.63) is 65.2 Å². The Morgan fingerprint density at radius 2 is 1.48 bits per heavy atom. The summed E-state index contributed by atoms with van der Waals surface area (Å²) in [4.78, 5) is 0. The number of hydrogen-bond donors (Lipinski definition) is 0. The minimum Gasteiger partial charge on any atom is -0.493 e. The molecule has 1 heteroatoms. The van der Waals surface area contributed by atoms with Gasteiger partial charge in [-0.05, 0) is 55.3 Å². The molecule has 0 spiro atoms. The van der Waals surface area contributed by atoms with Crippen LogP contribution in [0.15, 0.2) is 48.5 Å². The first-order valence-electron chi connectivity index (χ1n) is 8.05. The molecule has 0 aliphatic carbocycles. The van der Waals surface area contributed by atoms with Crippen LogP contribution in [0.1, 0.15) is 43.4 Å². The molecule has 0 aromatic heterocycles. The minimum absolute atomic E-state index is 0.621. The van der Waals surface area contributed by atoms with Gasteiger partial charge in [0.25, 0.3) is 0 Å². The Kier molecular flexibility index (Phi) is 6.83. The second-order valence-corrected chi connectivity index (χ2v) is 5.25. The minimum atomic E-state index is 0.621. The Bertz CT molecular complexity index is 716. The monoisotopic (exact) mass is 302 g/mol. The predicted octanol–water partition coefficient (Wildman–Crippen LogP) is 4.83. The van der Waals surface area contributed by atoms with Crippen LogP contribution in [0.4, 0.5) is 0 Å². The average molecular weight is 302 g/mol. The summed E-state index contributed by atoms with van der Waals surface area (Å²) in [6, 6.07) is 16.4. The smallest absolute Gasteiger partial charge is 0.119 e. The van der Waals surface area contributed by atoms with Crippen LogP contribution in [0.25, 0.3) is 0 Å². The fourth-order valence-electron chi connectivity index (χ4n) is 2.17. The molecule has 0 saturated heterocycles. The molecule has 0 fully saturated rings. The van der Waals surface area contributed by atoms with Crippen LogP contribution < -0.4 is 4.74 Å². The van der Waals surface area contributed by atoms with Crippen molar-refractivity contribution in [3.8, 4) is 29.4 Å². The first-order valence-corrected chi connectivity index (χ1v) is 8.05. The van der Waals surface area contributed by atoms with Gasteiger partial charge in [0.2, 0.25) is 0 Å². The van der Waals surface area contributed by atoms with Gasteiger partial charge >= 0.3 is 0 Å². The van der Waals surface area contributed by atoms with Crippen LogP contribution in [0.5, 0.6) is 5.75 Å². The van der Waals surface area contributed by atoms with Crippen molar-refractivity contribution in [3.63, 3.8) is 0 Å². The summed E-state index contributed by atoms with van der Waals surface area (Å²) in [6.07, 6.45) is 3.05. The summed E-state index contributed by atoms with van der Waals surface area (Å²) in [5.74, 6) is 13.1. The van der Waals surface area contributed by atoms with Crippen LogP contribution in [-0.2, 0) is 6.42 Å². The van der Waals surface area contributed by atoms with E-state index < -0.39 is 0 Å². The molecule has 23 heavy (non-hydrogen) atoms. The van der Waals surface area contributed by atoms with E-state index in [0.29, 0.717) is 6.61 Å². The molecule has 0 atom stereocenters. The molecular weight excluding hydrogens is 280 g/mol. The van der Waals surface area contributed by atoms with Gasteiger partial charge in [-0.2, -0.15) is 0 Å². The maximum Gasteiger partial charge on any atom is 0.119 e. The Hall–Kier alpha value is -2.64. The van der Waals surface area contributed by atoms with E-state index in [1.165, 1.54) is 12.0 Å². The van der Waals surface area contributed by atoms with E-state index in [-0.39, 0.29) is 0 Å². The lowest BCUT2D eigenvalue weighted by molar-refractivity contribution is 0.327. The topological polar surface area (TPSA) is 9.23 Å². The summed E-state index contributed by atoms with van der Waals surface area (Å²) < 4.78 is 5.61. The van der Waals surface area contributed by atoms with Gasteiger partial charge in [-0.15, -0.1) is 11.8 Å². The Morgan fingerprint density at radius 1 is 0.870 bits per heavy atom. The van der Waals surface area contributed by atoms with E-state index in [4.69, 9.17) is 4.74 Å². The third-order valence-electron chi connectivity index (χ3n) is 3.37. The zero-order valence-electron chi connectivity index (χ0n) is 13.9. The molecule has 0 radical (unpaired) electrons. The van der Waals surface area contributed by atoms with Gasteiger partial charge in [0, 0.05) is 17.5 Å². The average Bonchev–Trinajstić information content (AvgIpc) is 2.59. The van der Waals surface area contributed by atoms with Gasteiger partial charge in [-0.25, -0.2) is 0 Å². The van der Waals surface area contributed by atoms with Gasteiger partial charge in [0.05, 0.1) is 6.61 Å². The molecule has 2 aromatic rings. The standard InChI is InChI=1S/C22H22O/c1-3-5-6-18-23-22-16-14-21(15-17-22)13-12-20-10-8-19(7-4-2)9-11-20/h8-11,14-17H,4,6-7,18H2,1-2H3. The summed E-state index contributed by atoms with van der Waals surface area (Å²) in [6.45, 7) is 4.65. The van der Waals surface area contributed by atoms with E-state index >= 15 is 0 Å². The van der Waals surface area contributed by atoms with Crippen molar-refractivity contribution < 1.29 is 4.74 Å². The first kappa shape index (κ1) is 16.7. The number of benzene rings is 2. The molecule has 0 N–H and O–H groups in total. The molecule has 2 rings (SSSR count). The third kappa shape index (κ3) is 5.93. The molecule has 0 saturated carbocycles. The van der Waals surface area contributed by atoms with Crippen LogP contribution in [0.2, 0.25) is 0 Å². The molecule has 0 heterocycles. The van der Waals surface area contributed by atoms with Crippen molar-refractivity contribution in [2.75, 3.05) is 6.61 Å². The summed E-state index contributed by atoms with van der Waals surface area (Å²) >= 11 is 0. The maximum atomic E-state index is 5.61. The molecule has 2 aromatic carbocycles. The fourth-order valence-corrected chi connectivity index (χ4v) is 2.17. The van der Waals surface area contributed by atoms with E-state index in [0.717, 1.165) is 29.7 Å². The number of ether oxygens (including phenoxy) is 1. The fraction of sp³-hybridized carbons (Fsp3) is 0.273. The Balaban J connectivity index is 1.93.